The van der Waals surface area contributed by atoms with E-state index in [2.05, 4.69) is 0 Å². The number of rotatable bonds is 6. The summed E-state index contributed by atoms with van der Waals surface area (Å²) in [7, 11) is 0. The van der Waals surface area contributed by atoms with E-state index in [1.54, 1.807) is 6.07 Å². The smallest absolute Gasteiger partial charge is 0.186 e. The van der Waals surface area contributed by atoms with Crippen molar-refractivity contribution in [2.75, 3.05) is 0 Å². The third kappa shape index (κ3) is 4.64. The highest BCUT2D eigenvalue weighted by molar-refractivity contribution is 7.79. The Bertz CT molecular complexity index is 789. The molecule has 0 aliphatic carbocycles. The van der Waals surface area contributed by atoms with Crippen LogP contribution in [0.2, 0.25) is 0 Å². The molecule has 6 nitrogen and oxygen atoms in total. The van der Waals surface area contributed by atoms with Crippen LogP contribution in [0.3, 0.4) is 0 Å². The fourth-order valence-corrected chi connectivity index (χ4v) is 3.32. The topological polar surface area (TPSA) is 118 Å². The van der Waals surface area contributed by atoms with Gasteiger partial charge in [0.2, 0.25) is 0 Å². The molecule has 0 bridgehead atoms. The van der Waals surface area contributed by atoms with Crippen LogP contribution in [0.5, 0.6) is 23.0 Å². The third-order valence-electron chi connectivity index (χ3n) is 4.46. The number of phenols is 4. The highest BCUT2D eigenvalue weighted by Crippen LogP contribution is 2.33. The molecule has 7 heteroatoms. The van der Waals surface area contributed by atoms with Crippen LogP contribution >= 0.6 is 0 Å². The molecule has 136 valence electrons. The molecule has 0 radical (unpaired) electrons. The Hall–Kier alpha value is -2.25. The molecule has 0 heterocycles. The van der Waals surface area contributed by atoms with Gasteiger partial charge in [-0.1, -0.05) is 19.9 Å². The number of phenolic OH excluding ortho intramolecular Hbond substituents is 4. The maximum atomic E-state index is 11.5. The molecule has 0 saturated heterocycles. The van der Waals surface area contributed by atoms with Crippen molar-refractivity contribution < 1.29 is 29.2 Å². The molecular weight excluding hydrogens is 344 g/mol. The monoisotopic (exact) mass is 366 g/mol. The minimum atomic E-state index is -2.26. The molecule has 2 aromatic carbocycles. The van der Waals surface area contributed by atoms with Gasteiger partial charge in [-0.15, -0.1) is 0 Å². The van der Waals surface area contributed by atoms with E-state index in [1.165, 1.54) is 18.2 Å². The van der Waals surface area contributed by atoms with E-state index in [-0.39, 0.29) is 34.0 Å². The summed E-state index contributed by atoms with van der Waals surface area (Å²) >= 11 is -2.26. The van der Waals surface area contributed by atoms with E-state index >= 15 is 0 Å². The van der Waals surface area contributed by atoms with E-state index in [0.29, 0.717) is 18.4 Å². The summed E-state index contributed by atoms with van der Waals surface area (Å²) < 4.78 is 20.9. The molecule has 0 amide bonds. The van der Waals surface area contributed by atoms with Gasteiger partial charge in [0.1, 0.15) is 0 Å². The van der Waals surface area contributed by atoms with Gasteiger partial charge in [0.25, 0.3) is 0 Å². The van der Waals surface area contributed by atoms with E-state index in [4.69, 9.17) is 0 Å². The van der Waals surface area contributed by atoms with Crippen molar-refractivity contribution in [3.05, 3.63) is 41.5 Å². The van der Waals surface area contributed by atoms with Crippen LogP contribution in [0.4, 0.5) is 0 Å². The summed E-state index contributed by atoms with van der Waals surface area (Å²) in [5.41, 5.74) is 1.37. The fourth-order valence-electron chi connectivity index (χ4n) is 2.74. The first-order valence-electron chi connectivity index (χ1n) is 7.85. The Morgan fingerprint density at radius 1 is 0.840 bits per heavy atom. The van der Waals surface area contributed by atoms with Gasteiger partial charge in [0, 0.05) is 6.07 Å². The van der Waals surface area contributed by atoms with Crippen LogP contribution in [-0.2, 0) is 23.9 Å². The van der Waals surface area contributed by atoms with Crippen molar-refractivity contribution in [2.24, 2.45) is 11.8 Å². The van der Waals surface area contributed by atoms with Crippen molar-refractivity contribution >= 4 is 11.1 Å². The lowest BCUT2D eigenvalue weighted by molar-refractivity contribution is 0.374. The van der Waals surface area contributed by atoms with E-state index in [1.807, 2.05) is 13.8 Å². The summed E-state index contributed by atoms with van der Waals surface area (Å²) in [6.45, 7) is 4.00. The lowest BCUT2D eigenvalue weighted by Gasteiger charge is -2.21. The Morgan fingerprint density at radius 2 is 1.40 bits per heavy atom. The Kier molecular flexibility index (Phi) is 5.92. The van der Waals surface area contributed by atoms with Gasteiger partial charge in [-0.05, 0) is 54.0 Å². The molecule has 0 fully saturated rings. The lowest BCUT2D eigenvalue weighted by Crippen LogP contribution is -2.14. The number of hydrogen-bond donors (Lipinski definition) is 5. The number of hydrogen-bond acceptors (Lipinski definition) is 5. The van der Waals surface area contributed by atoms with E-state index in [0.717, 1.165) is 11.6 Å². The van der Waals surface area contributed by atoms with Gasteiger partial charge < -0.3 is 25.0 Å². The normalized spacial score (nSPS) is 14.8. The zero-order valence-electron chi connectivity index (χ0n) is 14.0. The molecule has 0 saturated carbocycles. The van der Waals surface area contributed by atoms with Crippen LogP contribution in [0.15, 0.2) is 35.2 Å². The Morgan fingerprint density at radius 3 is 2.00 bits per heavy atom. The van der Waals surface area contributed by atoms with Crippen molar-refractivity contribution in [2.45, 2.75) is 31.6 Å². The Balaban J connectivity index is 2.15. The predicted molar refractivity (Wildman–Crippen MR) is 94.3 cm³/mol. The Labute approximate surface area is 148 Å². The van der Waals surface area contributed by atoms with Crippen LogP contribution in [0.1, 0.15) is 25.0 Å². The first-order valence-corrected chi connectivity index (χ1v) is 8.96. The second-order valence-electron chi connectivity index (χ2n) is 6.38. The standard InChI is InChI=1S/C18H22O6S/c1-10(5-12-3-4-14(19)15(20)7-12)11(2)6-13-8-16(21)17(22)9-18(13)25(23)24/h3-4,7-11,19-22H,5-6H2,1-2H3,(H,23,24). The van der Waals surface area contributed by atoms with Gasteiger partial charge in [-0.2, -0.15) is 0 Å². The summed E-state index contributed by atoms with van der Waals surface area (Å²) in [6.07, 6.45) is 1.09. The molecule has 0 aliphatic heterocycles. The molecule has 2 rings (SSSR count). The van der Waals surface area contributed by atoms with Gasteiger partial charge >= 0.3 is 0 Å². The van der Waals surface area contributed by atoms with Gasteiger partial charge in [-0.25, -0.2) is 4.21 Å². The van der Waals surface area contributed by atoms with Gasteiger partial charge in [-0.3, -0.25) is 0 Å². The minimum Gasteiger partial charge on any atom is -0.504 e. The molecule has 0 spiro atoms. The summed E-state index contributed by atoms with van der Waals surface area (Å²) in [5, 5.41) is 38.1. The third-order valence-corrected chi connectivity index (χ3v) is 5.21. The van der Waals surface area contributed by atoms with Crippen LogP contribution < -0.4 is 0 Å². The number of benzene rings is 2. The minimum absolute atomic E-state index is 0.0802. The first kappa shape index (κ1) is 19.1. The predicted octanol–water partition coefficient (Wildman–Crippen LogP) is 3.15. The zero-order chi connectivity index (χ0) is 18.7. The molecular formula is C18H22O6S. The van der Waals surface area contributed by atoms with Crippen molar-refractivity contribution in [3.63, 3.8) is 0 Å². The molecule has 0 aliphatic rings. The molecule has 3 atom stereocenters. The molecule has 0 aromatic heterocycles. The lowest BCUT2D eigenvalue weighted by atomic mass is 9.85. The van der Waals surface area contributed by atoms with E-state index in [9.17, 15) is 29.2 Å². The molecule has 5 N–H and O–H groups in total. The van der Waals surface area contributed by atoms with Crippen LogP contribution in [-0.4, -0.2) is 29.2 Å². The highest BCUT2D eigenvalue weighted by atomic mass is 32.2. The van der Waals surface area contributed by atoms with Crippen molar-refractivity contribution in [1.82, 2.24) is 0 Å². The average molecular weight is 366 g/mol. The molecule has 25 heavy (non-hydrogen) atoms. The number of aromatic hydroxyl groups is 4. The summed E-state index contributed by atoms with van der Waals surface area (Å²) in [4.78, 5) is 0.0802. The van der Waals surface area contributed by atoms with Gasteiger partial charge in [0.15, 0.2) is 34.1 Å². The first-order chi connectivity index (χ1) is 11.7. The quantitative estimate of drug-likeness (QED) is 0.396. The van der Waals surface area contributed by atoms with Crippen LogP contribution in [0.25, 0.3) is 0 Å². The SMILES string of the molecule is CC(Cc1ccc(O)c(O)c1)C(C)Cc1cc(O)c(O)cc1S(=O)O. The van der Waals surface area contributed by atoms with Crippen molar-refractivity contribution in [1.29, 1.82) is 0 Å². The second kappa shape index (κ2) is 7.76. The fraction of sp³-hybridized carbons (Fsp3) is 0.333. The summed E-state index contributed by atoms with van der Waals surface area (Å²) in [5.74, 6) is -0.825. The molecule has 3 unspecified atom stereocenters. The van der Waals surface area contributed by atoms with Crippen LogP contribution in [0, 0.1) is 11.8 Å². The van der Waals surface area contributed by atoms with Crippen molar-refractivity contribution in [3.8, 4) is 23.0 Å². The zero-order valence-corrected chi connectivity index (χ0v) is 14.8. The second-order valence-corrected chi connectivity index (χ2v) is 7.32. The average Bonchev–Trinajstić information content (AvgIpc) is 2.53. The van der Waals surface area contributed by atoms with Gasteiger partial charge in [0.05, 0.1) is 4.90 Å². The maximum Gasteiger partial charge on any atom is 0.186 e. The largest absolute Gasteiger partial charge is 0.504 e. The van der Waals surface area contributed by atoms with E-state index < -0.39 is 16.8 Å². The maximum absolute atomic E-state index is 11.5. The highest BCUT2D eigenvalue weighted by Gasteiger charge is 2.19. The molecule has 2 aromatic rings. The summed E-state index contributed by atoms with van der Waals surface area (Å²) in [6, 6.07) is 7.11.